The highest BCUT2D eigenvalue weighted by Gasteiger charge is 2.37. The van der Waals surface area contributed by atoms with Crippen LogP contribution in [0.1, 0.15) is 40.5 Å². The Kier molecular flexibility index (Phi) is 5.16. The molecule has 2 fully saturated rings. The Morgan fingerprint density at radius 3 is 2.90 bits per heavy atom. The van der Waals surface area contributed by atoms with Gasteiger partial charge in [0.25, 0.3) is 11.5 Å². The molecule has 2 atom stereocenters. The van der Waals surface area contributed by atoms with Crippen LogP contribution in [0.2, 0.25) is 0 Å². The standard InChI is InChI=1S/C21H28N6O3/c1-24-5-2-6-25(8-7-24)13-16-3-4-19-17-9-15(12-27(19)20(16)28)11-26(14-17)21(29)18-10-22-30-23-18/h3-4,10,15,17H,2,5-9,11-14H2,1H3/t15-,17+/m0/s1. The molecule has 9 heteroatoms. The van der Waals surface area contributed by atoms with Crippen LogP contribution in [0.3, 0.4) is 0 Å². The van der Waals surface area contributed by atoms with Gasteiger partial charge in [0.15, 0.2) is 5.69 Å². The molecule has 9 nitrogen and oxygen atoms in total. The summed E-state index contributed by atoms with van der Waals surface area (Å²) < 4.78 is 6.55. The second-order valence-corrected chi connectivity index (χ2v) is 8.93. The van der Waals surface area contributed by atoms with Crippen LogP contribution < -0.4 is 5.56 Å². The number of likely N-dealkylation sites (N-methyl/N-ethyl adjacent to an activating group) is 1. The SMILES string of the molecule is CN1CCCN(Cc2ccc3n(c2=O)C[C@H]2C[C@@H]3CN(C(=O)c3cnon3)C2)CC1. The Morgan fingerprint density at radius 2 is 2.07 bits per heavy atom. The van der Waals surface area contributed by atoms with Gasteiger partial charge >= 0.3 is 0 Å². The zero-order valence-corrected chi connectivity index (χ0v) is 17.4. The second kappa shape index (κ2) is 7.96. The van der Waals surface area contributed by atoms with E-state index in [9.17, 15) is 9.59 Å². The van der Waals surface area contributed by atoms with E-state index >= 15 is 0 Å². The summed E-state index contributed by atoms with van der Waals surface area (Å²) in [6, 6.07) is 4.11. The van der Waals surface area contributed by atoms with Crippen LogP contribution in [0, 0.1) is 5.92 Å². The third-order valence-corrected chi connectivity index (χ3v) is 6.76. The van der Waals surface area contributed by atoms with Gasteiger partial charge in [-0.05, 0) is 50.1 Å². The minimum Gasteiger partial charge on any atom is -0.336 e. The fourth-order valence-corrected chi connectivity index (χ4v) is 5.20. The fourth-order valence-electron chi connectivity index (χ4n) is 5.20. The van der Waals surface area contributed by atoms with E-state index < -0.39 is 0 Å². The van der Waals surface area contributed by atoms with E-state index in [1.165, 1.54) is 6.20 Å². The summed E-state index contributed by atoms with van der Waals surface area (Å²) in [5.41, 5.74) is 2.31. The number of fused-ring (bicyclic) bond motifs is 4. The molecule has 2 aromatic rings. The molecule has 5 heterocycles. The van der Waals surface area contributed by atoms with Gasteiger partial charge in [-0.25, -0.2) is 4.63 Å². The summed E-state index contributed by atoms with van der Waals surface area (Å²) >= 11 is 0. The van der Waals surface area contributed by atoms with Crippen molar-refractivity contribution in [2.45, 2.75) is 31.8 Å². The van der Waals surface area contributed by atoms with Gasteiger partial charge in [-0.3, -0.25) is 14.5 Å². The van der Waals surface area contributed by atoms with Crippen LogP contribution in [-0.4, -0.2) is 81.8 Å². The van der Waals surface area contributed by atoms with E-state index in [0.29, 0.717) is 26.2 Å². The maximum absolute atomic E-state index is 13.3. The first-order chi connectivity index (χ1) is 14.6. The lowest BCUT2D eigenvalue weighted by Crippen LogP contribution is -2.49. The minimum atomic E-state index is -0.149. The van der Waals surface area contributed by atoms with E-state index in [1.54, 1.807) is 0 Å². The largest absolute Gasteiger partial charge is 0.336 e. The zero-order valence-electron chi connectivity index (χ0n) is 17.4. The first-order valence-corrected chi connectivity index (χ1v) is 10.8. The highest BCUT2D eigenvalue weighted by Crippen LogP contribution is 2.35. The van der Waals surface area contributed by atoms with E-state index in [-0.39, 0.29) is 29.0 Å². The lowest BCUT2D eigenvalue weighted by Gasteiger charge is -2.42. The second-order valence-electron chi connectivity index (χ2n) is 8.93. The van der Waals surface area contributed by atoms with Crippen LogP contribution >= 0.6 is 0 Å². The third kappa shape index (κ3) is 3.67. The van der Waals surface area contributed by atoms with E-state index in [4.69, 9.17) is 0 Å². The summed E-state index contributed by atoms with van der Waals surface area (Å²) in [7, 11) is 2.16. The number of pyridine rings is 1. The fraction of sp³-hybridized carbons (Fsp3) is 0.619. The molecule has 2 bridgehead atoms. The monoisotopic (exact) mass is 412 g/mol. The van der Waals surface area contributed by atoms with Crippen molar-refractivity contribution in [3.05, 3.63) is 45.6 Å². The van der Waals surface area contributed by atoms with Gasteiger partial charge in [0, 0.05) is 56.4 Å². The van der Waals surface area contributed by atoms with Crippen molar-refractivity contribution in [1.82, 2.24) is 29.6 Å². The molecular formula is C21H28N6O3. The van der Waals surface area contributed by atoms with E-state index in [1.807, 2.05) is 15.5 Å². The topological polar surface area (TPSA) is 87.7 Å². The van der Waals surface area contributed by atoms with Gasteiger partial charge in [0.2, 0.25) is 0 Å². The summed E-state index contributed by atoms with van der Waals surface area (Å²) in [6.07, 6.45) is 3.51. The molecule has 0 aromatic carbocycles. The van der Waals surface area contributed by atoms with Crippen molar-refractivity contribution in [3.63, 3.8) is 0 Å². The number of hydrogen-bond donors (Lipinski definition) is 0. The van der Waals surface area contributed by atoms with Gasteiger partial charge < -0.3 is 14.4 Å². The predicted octanol–water partition coefficient (Wildman–Crippen LogP) is 0.628. The predicted molar refractivity (Wildman–Crippen MR) is 109 cm³/mol. The van der Waals surface area contributed by atoms with Crippen LogP contribution in [0.5, 0.6) is 0 Å². The lowest BCUT2D eigenvalue weighted by molar-refractivity contribution is 0.0583. The Morgan fingerprint density at radius 1 is 1.17 bits per heavy atom. The van der Waals surface area contributed by atoms with Crippen molar-refractivity contribution >= 4 is 5.91 Å². The summed E-state index contributed by atoms with van der Waals surface area (Å²) in [4.78, 5) is 32.5. The Labute approximate surface area is 175 Å². The molecular weight excluding hydrogens is 384 g/mol. The first kappa shape index (κ1) is 19.4. The molecule has 0 radical (unpaired) electrons. The molecule has 0 unspecified atom stereocenters. The first-order valence-electron chi connectivity index (χ1n) is 10.8. The van der Waals surface area contributed by atoms with Crippen LogP contribution in [0.4, 0.5) is 0 Å². The van der Waals surface area contributed by atoms with Gasteiger partial charge in [0.05, 0.1) is 0 Å². The molecule has 0 saturated carbocycles. The number of carbonyl (C=O) groups is 1. The van der Waals surface area contributed by atoms with E-state index in [2.05, 4.69) is 37.9 Å². The highest BCUT2D eigenvalue weighted by molar-refractivity contribution is 5.91. The maximum Gasteiger partial charge on any atom is 0.277 e. The Hall–Kier alpha value is -2.52. The summed E-state index contributed by atoms with van der Waals surface area (Å²) in [5.74, 6) is 0.305. The van der Waals surface area contributed by atoms with Crippen molar-refractivity contribution in [3.8, 4) is 0 Å². The molecule has 5 rings (SSSR count). The Bertz CT molecular complexity index is 972. The average molecular weight is 412 g/mol. The molecule has 2 saturated heterocycles. The van der Waals surface area contributed by atoms with E-state index in [0.717, 1.165) is 50.3 Å². The van der Waals surface area contributed by atoms with Crippen molar-refractivity contribution < 1.29 is 9.42 Å². The van der Waals surface area contributed by atoms with Gasteiger partial charge in [-0.15, -0.1) is 0 Å². The molecule has 2 aromatic heterocycles. The number of piperidine rings is 1. The number of rotatable bonds is 3. The molecule has 3 aliphatic rings. The molecule has 30 heavy (non-hydrogen) atoms. The number of amides is 1. The van der Waals surface area contributed by atoms with Crippen molar-refractivity contribution in [2.75, 3.05) is 46.3 Å². The van der Waals surface area contributed by atoms with Gasteiger partial charge in [-0.2, -0.15) is 0 Å². The van der Waals surface area contributed by atoms with Crippen molar-refractivity contribution in [1.29, 1.82) is 0 Å². The highest BCUT2D eigenvalue weighted by atomic mass is 16.6. The number of nitrogens with zero attached hydrogens (tertiary/aromatic N) is 6. The molecule has 0 spiro atoms. The van der Waals surface area contributed by atoms with Crippen molar-refractivity contribution in [2.24, 2.45) is 5.92 Å². The zero-order chi connectivity index (χ0) is 20.7. The molecule has 0 aliphatic carbocycles. The molecule has 1 amide bonds. The third-order valence-electron chi connectivity index (χ3n) is 6.76. The van der Waals surface area contributed by atoms with Crippen LogP contribution in [-0.2, 0) is 13.1 Å². The summed E-state index contributed by atoms with van der Waals surface area (Å²) in [5, 5.41) is 7.22. The maximum atomic E-state index is 13.3. The number of likely N-dealkylation sites (tertiary alicyclic amines) is 1. The summed E-state index contributed by atoms with van der Waals surface area (Å²) in [6.45, 7) is 6.80. The van der Waals surface area contributed by atoms with Gasteiger partial charge in [0.1, 0.15) is 6.20 Å². The van der Waals surface area contributed by atoms with Gasteiger partial charge in [-0.1, -0.05) is 11.2 Å². The number of hydrogen-bond acceptors (Lipinski definition) is 7. The number of aromatic nitrogens is 3. The van der Waals surface area contributed by atoms with Crippen LogP contribution in [0.15, 0.2) is 27.8 Å². The number of carbonyl (C=O) groups excluding carboxylic acids is 1. The lowest BCUT2D eigenvalue weighted by atomic mass is 9.83. The van der Waals surface area contributed by atoms with Crippen LogP contribution in [0.25, 0.3) is 0 Å². The molecule has 3 aliphatic heterocycles. The quantitative estimate of drug-likeness (QED) is 0.731. The smallest absolute Gasteiger partial charge is 0.277 e. The minimum absolute atomic E-state index is 0.139. The normalized spacial score (nSPS) is 25.0. The molecule has 0 N–H and O–H groups in total. The molecule has 160 valence electrons. The average Bonchev–Trinajstić information content (AvgIpc) is 3.20. The Balaban J connectivity index is 1.35.